The van der Waals surface area contributed by atoms with E-state index in [2.05, 4.69) is 10.3 Å². The minimum atomic E-state index is -0.537. The van der Waals surface area contributed by atoms with Gasteiger partial charge in [0.25, 0.3) is 5.91 Å². The summed E-state index contributed by atoms with van der Waals surface area (Å²) in [6.45, 7) is 0. The molecule has 1 aromatic heterocycles. The molecule has 6 rings (SSSR count). The van der Waals surface area contributed by atoms with Gasteiger partial charge in [-0.1, -0.05) is 29.3 Å². The first-order chi connectivity index (χ1) is 14.3. The maximum atomic E-state index is 13.0. The largest absolute Gasteiger partial charge is 0.390 e. The molecule has 2 atom stereocenters. The maximum Gasteiger partial charge on any atom is 0.253 e. The summed E-state index contributed by atoms with van der Waals surface area (Å²) in [5.41, 5.74) is 0.450. The lowest BCUT2D eigenvalue weighted by Crippen LogP contribution is -2.61. The zero-order valence-corrected chi connectivity index (χ0v) is 17.8. The van der Waals surface area contributed by atoms with Gasteiger partial charge >= 0.3 is 0 Å². The Balaban J connectivity index is 1.33. The van der Waals surface area contributed by atoms with Gasteiger partial charge in [0.1, 0.15) is 5.15 Å². The fraction of sp³-hybridized carbons (Fsp3) is 0.435. The van der Waals surface area contributed by atoms with Gasteiger partial charge in [-0.15, -0.1) is 0 Å². The van der Waals surface area contributed by atoms with Crippen LogP contribution < -0.4 is 5.32 Å². The van der Waals surface area contributed by atoms with Crippen LogP contribution in [0.5, 0.6) is 0 Å². The molecule has 1 amide bonds. The number of carbonyl (C=O) groups excluding carboxylic acids is 2. The summed E-state index contributed by atoms with van der Waals surface area (Å²) < 4.78 is 0. The maximum absolute atomic E-state index is 13.0. The van der Waals surface area contributed by atoms with E-state index in [-0.39, 0.29) is 27.9 Å². The summed E-state index contributed by atoms with van der Waals surface area (Å²) in [5, 5.41) is 14.3. The van der Waals surface area contributed by atoms with Gasteiger partial charge in [-0.3, -0.25) is 9.59 Å². The Morgan fingerprint density at radius 2 is 1.80 bits per heavy atom. The molecule has 1 aromatic carbocycles. The van der Waals surface area contributed by atoms with Gasteiger partial charge in [0.05, 0.1) is 21.8 Å². The van der Waals surface area contributed by atoms with Crippen molar-refractivity contribution < 1.29 is 14.7 Å². The summed E-state index contributed by atoms with van der Waals surface area (Å²) >= 11 is 12.4. The lowest BCUT2D eigenvalue weighted by Gasteiger charge is -2.58. The molecule has 1 heterocycles. The van der Waals surface area contributed by atoms with Crippen LogP contribution in [0.25, 0.3) is 0 Å². The van der Waals surface area contributed by atoms with E-state index in [1.54, 1.807) is 24.3 Å². The smallest absolute Gasteiger partial charge is 0.253 e. The van der Waals surface area contributed by atoms with E-state index in [4.69, 9.17) is 23.2 Å². The molecule has 4 bridgehead atoms. The van der Waals surface area contributed by atoms with Crippen molar-refractivity contribution in [2.45, 2.75) is 43.7 Å². The van der Waals surface area contributed by atoms with E-state index < -0.39 is 5.60 Å². The second kappa shape index (κ2) is 7.33. The van der Waals surface area contributed by atoms with Crippen LogP contribution in [-0.2, 0) is 0 Å². The highest BCUT2D eigenvalue weighted by molar-refractivity contribution is 6.35. The highest BCUT2D eigenvalue weighted by atomic mass is 35.5. The third-order valence-electron chi connectivity index (χ3n) is 7.02. The minimum Gasteiger partial charge on any atom is -0.390 e. The minimum absolute atomic E-state index is 0.0703. The number of ketones is 1. The summed E-state index contributed by atoms with van der Waals surface area (Å²) in [4.78, 5) is 29.6. The third-order valence-corrected chi connectivity index (χ3v) is 7.63. The lowest BCUT2D eigenvalue weighted by molar-refractivity contribution is -0.136. The van der Waals surface area contributed by atoms with Crippen LogP contribution >= 0.6 is 23.2 Å². The Bertz CT molecular complexity index is 1020. The number of benzene rings is 1. The third kappa shape index (κ3) is 3.43. The number of nitrogens with one attached hydrogen (secondary N) is 1. The first kappa shape index (κ1) is 20.0. The number of pyridine rings is 1. The molecule has 0 radical (unpaired) electrons. The zero-order chi connectivity index (χ0) is 21.0. The molecule has 2 N–H and O–H groups in total. The molecule has 0 spiro atoms. The number of aliphatic hydroxyl groups is 1. The number of halogens is 2. The van der Waals surface area contributed by atoms with Crippen molar-refractivity contribution in [2.24, 2.45) is 17.8 Å². The Kier molecular flexibility index (Phi) is 4.88. The number of nitrogens with zero attached hydrogens (tertiary/aromatic N) is 1. The van der Waals surface area contributed by atoms with Crippen LogP contribution in [0.1, 0.15) is 58.4 Å². The molecule has 2 unspecified atom stereocenters. The van der Waals surface area contributed by atoms with Crippen LogP contribution in [0.15, 0.2) is 36.5 Å². The van der Waals surface area contributed by atoms with Crippen LogP contribution in [-0.4, -0.2) is 33.4 Å². The van der Waals surface area contributed by atoms with E-state index in [9.17, 15) is 14.7 Å². The molecule has 0 saturated heterocycles. The van der Waals surface area contributed by atoms with Crippen molar-refractivity contribution in [3.8, 4) is 0 Å². The average Bonchev–Trinajstić information content (AvgIpc) is 2.69. The highest BCUT2D eigenvalue weighted by Crippen LogP contribution is 2.55. The van der Waals surface area contributed by atoms with Gasteiger partial charge in [0.15, 0.2) is 5.78 Å². The Morgan fingerprint density at radius 1 is 1.07 bits per heavy atom. The molecule has 0 aliphatic heterocycles. The van der Waals surface area contributed by atoms with Crippen molar-refractivity contribution in [3.05, 3.63) is 63.4 Å². The average molecular weight is 445 g/mol. The lowest BCUT2D eigenvalue weighted by atomic mass is 9.52. The number of aromatic nitrogens is 1. The normalized spacial score (nSPS) is 31.6. The fourth-order valence-corrected chi connectivity index (χ4v) is 6.47. The van der Waals surface area contributed by atoms with E-state index in [1.807, 2.05) is 0 Å². The van der Waals surface area contributed by atoms with Crippen LogP contribution in [0, 0.1) is 17.8 Å². The SMILES string of the molecule is O=C(N[C@H]1C2CC3CC1C[C@](O)(C3)C2)c1ccc(C(=O)c2cccnc2Cl)cc1Cl. The summed E-state index contributed by atoms with van der Waals surface area (Å²) in [6.07, 6.45) is 6.08. The van der Waals surface area contributed by atoms with Crippen molar-refractivity contribution in [1.82, 2.24) is 10.3 Å². The van der Waals surface area contributed by atoms with Gasteiger partial charge in [-0.05, 0) is 74.1 Å². The van der Waals surface area contributed by atoms with E-state index in [0.29, 0.717) is 34.4 Å². The standard InChI is InChI=1S/C23H22Cl2N2O3/c24-18-8-13(20(28)17-2-1-5-26-21(17)25)3-4-16(18)22(29)27-19-14-6-12-7-15(19)11-23(30,9-12)10-14/h1-5,8,12,14-15,19,30H,6-7,9-11H2,(H,27,29)/t12?,14?,15?,19-,23-. The molecule has 30 heavy (non-hydrogen) atoms. The topological polar surface area (TPSA) is 79.3 Å². The second-order valence-electron chi connectivity index (χ2n) is 9.06. The number of hydrogen-bond donors (Lipinski definition) is 2. The Hall–Kier alpha value is -1.95. The van der Waals surface area contributed by atoms with Crippen molar-refractivity contribution in [3.63, 3.8) is 0 Å². The second-order valence-corrected chi connectivity index (χ2v) is 9.82. The van der Waals surface area contributed by atoms with Gasteiger partial charge in [0, 0.05) is 17.8 Å². The van der Waals surface area contributed by atoms with Crippen molar-refractivity contribution in [1.29, 1.82) is 0 Å². The van der Waals surface area contributed by atoms with Crippen LogP contribution in [0.4, 0.5) is 0 Å². The molecular formula is C23H22Cl2N2O3. The number of rotatable bonds is 4. The van der Waals surface area contributed by atoms with E-state index >= 15 is 0 Å². The van der Waals surface area contributed by atoms with Crippen LogP contribution in [0.3, 0.4) is 0 Å². The highest BCUT2D eigenvalue weighted by Gasteiger charge is 2.55. The fourth-order valence-electron chi connectivity index (χ4n) is 6.00. The molecule has 4 fully saturated rings. The van der Waals surface area contributed by atoms with Gasteiger partial charge < -0.3 is 10.4 Å². The molecular weight excluding hydrogens is 423 g/mol. The predicted molar refractivity (Wildman–Crippen MR) is 114 cm³/mol. The molecule has 7 heteroatoms. The first-order valence-corrected chi connectivity index (χ1v) is 11.1. The monoisotopic (exact) mass is 444 g/mol. The summed E-state index contributed by atoms with van der Waals surface area (Å²) in [7, 11) is 0. The predicted octanol–water partition coefficient (Wildman–Crippen LogP) is 4.29. The van der Waals surface area contributed by atoms with Gasteiger partial charge in [-0.25, -0.2) is 4.98 Å². The molecule has 5 nitrogen and oxygen atoms in total. The van der Waals surface area contributed by atoms with Crippen molar-refractivity contribution >= 4 is 34.9 Å². The number of amides is 1. The number of hydrogen-bond acceptors (Lipinski definition) is 4. The molecule has 4 aliphatic carbocycles. The number of carbonyl (C=O) groups is 2. The zero-order valence-electron chi connectivity index (χ0n) is 16.3. The first-order valence-electron chi connectivity index (χ1n) is 10.3. The Labute approximate surface area is 184 Å². The summed E-state index contributed by atoms with van der Waals surface area (Å²) in [6, 6.07) is 7.99. The van der Waals surface area contributed by atoms with Crippen molar-refractivity contribution in [2.75, 3.05) is 0 Å². The molecule has 4 aliphatic rings. The van der Waals surface area contributed by atoms with E-state index in [0.717, 1.165) is 32.1 Å². The summed E-state index contributed by atoms with van der Waals surface area (Å²) in [5.74, 6) is 0.683. The van der Waals surface area contributed by atoms with Crippen LogP contribution in [0.2, 0.25) is 10.2 Å². The molecule has 156 valence electrons. The van der Waals surface area contributed by atoms with Gasteiger partial charge in [0.2, 0.25) is 0 Å². The molecule has 2 aromatic rings. The Morgan fingerprint density at radius 3 is 2.43 bits per heavy atom. The molecule has 4 saturated carbocycles. The quantitative estimate of drug-likeness (QED) is 0.544. The van der Waals surface area contributed by atoms with Gasteiger partial charge in [-0.2, -0.15) is 0 Å². The van der Waals surface area contributed by atoms with E-state index in [1.165, 1.54) is 12.3 Å².